The zero-order chi connectivity index (χ0) is 17.8. The van der Waals surface area contributed by atoms with Crippen molar-refractivity contribution < 1.29 is 4.52 Å². The quantitative estimate of drug-likeness (QED) is 0.730. The average Bonchev–Trinajstić information content (AvgIpc) is 2.94. The van der Waals surface area contributed by atoms with Crippen LogP contribution < -0.4 is 5.32 Å². The fraction of sp³-hybridized carbons (Fsp3) is 0.353. The molecule has 0 saturated heterocycles. The van der Waals surface area contributed by atoms with Gasteiger partial charge < -0.3 is 14.7 Å². The van der Waals surface area contributed by atoms with Crippen LogP contribution in [0.4, 0.5) is 5.95 Å². The zero-order valence-electron chi connectivity index (χ0n) is 14.8. The van der Waals surface area contributed by atoms with Crippen LogP contribution >= 0.6 is 0 Å². The summed E-state index contributed by atoms with van der Waals surface area (Å²) in [6, 6.07) is 0. The Morgan fingerprint density at radius 1 is 1.12 bits per heavy atom. The van der Waals surface area contributed by atoms with Gasteiger partial charge in [-0.3, -0.25) is 9.97 Å². The number of nitrogens with one attached hydrogen (secondary N) is 1. The number of hydrogen-bond donors (Lipinski definition) is 1. The Hall–Kier alpha value is -2.87. The lowest BCUT2D eigenvalue weighted by molar-refractivity contribution is 0.393. The monoisotopic (exact) mass is 339 g/mol. The Morgan fingerprint density at radius 2 is 1.96 bits per heavy atom. The molecule has 0 aromatic carbocycles. The molecule has 3 heterocycles. The van der Waals surface area contributed by atoms with E-state index in [2.05, 4.69) is 30.3 Å². The second-order valence-electron chi connectivity index (χ2n) is 5.98. The molecule has 0 saturated carbocycles. The molecule has 0 atom stereocenters. The van der Waals surface area contributed by atoms with E-state index in [0.717, 1.165) is 35.6 Å². The maximum absolute atomic E-state index is 5.32. The van der Waals surface area contributed by atoms with Crippen molar-refractivity contribution in [3.8, 4) is 22.5 Å². The Kier molecular flexibility index (Phi) is 4.99. The first-order valence-electron chi connectivity index (χ1n) is 8.01. The molecule has 0 aliphatic carbocycles. The average molecular weight is 339 g/mol. The van der Waals surface area contributed by atoms with Crippen molar-refractivity contribution in [2.24, 2.45) is 0 Å². The van der Waals surface area contributed by atoms with Gasteiger partial charge in [0.25, 0.3) is 0 Å². The molecule has 25 heavy (non-hydrogen) atoms. The Balaban J connectivity index is 2.04. The number of rotatable bonds is 6. The number of aryl methyl sites for hydroxylation is 2. The van der Waals surface area contributed by atoms with E-state index in [1.165, 1.54) is 0 Å². The number of anilines is 1. The van der Waals surface area contributed by atoms with E-state index in [-0.39, 0.29) is 0 Å². The van der Waals surface area contributed by atoms with Crippen LogP contribution in [0.1, 0.15) is 11.5 Å². The summed E-state index contributed by atoms with van der Waals surface area (Å²) in [5.74, 6) is 1.27. The standard InChI is InChI=1S/C17H21N7O/c1-11-15(12(2)25-23-11)16-13(14-10-18-5-6-19-14)9-21-17(22-16)20-7-8-24(3)4/h5-6,9-10H,7-8H2,1-4H3,(H,20,21,22). The summed E-state index contributed by atoms with van der Waals surface area (Å²) in [6.45, 7) is 5.40. The van der Waals surface area contributed by atoms with Crippen molar-refractivity contribution in [1.82, 2.24) is 30.0 Å². The highest BCUT2D eigenvalue weighted by atomic mass is 16.5. The third-order valence-electron chi connectivity index (χ3n) is 3.74. The van der Waals surface area contributed by atoms with E-state index >= 15 is 0 Å². The normalized spacial score (nSPS) is 11.1. The summed E-state index contributed by atoms with van der Waals surface area (Å²) in [4.78, 5) is 19.7. The van der Waals surface area contributed by atoms with Crippen LogP contribution in [0.3, 0.4) is 0 Å². The summed E-state index contributed by atoms with van der Waals surface area (Å²) in [6.07, 6.45) is 6.74. The number of aromatic nitrogens is 5. The minimum absolute atomic E-state index is 0.560. The SMILES string of the molecule is Cc1noc(C)c1-c1nc(NCCN(C)C)ncc1-c1cnccn1. The second kappa shape index (κ2) is 7.35. The third kappa shape index (κ3) is 3.80. The zero-order valence-corrected chi connectivity index (χ0v) is 14.8. The summed E-state index contributed by atoms with van der Waals surface area (Å²) in [5.41, 5.74) is 3.87. The fourth-order valence-electron chi connectivity index (χ4n) is 2.50. The van der Waals surface area contributed by atoms with Gasteiger partial charge in [0, 0.05) is 37.2 Å². The van der Waals surface area contributed by atoms with Gasteiger partial charge in [0.15, 0.2) is 0 Å². The summed E-state index contributed by atoms with van der Waals surface area (Å²) in [7, 11) is 4.05. The maximum Gasteiger partial charge on any atom is 0.223 e. The Bertz CT molecular complexity index is 826. The lowest BCUT2D eigenvalue weighted by atomic mass is 10.0. The van der Waals surface area contributed by atoms with Crippen molar-refractivity contribution >= 4 is 5.95 Å². The maximum atomic E-state index is 5.32. The van der Waals surface area contributed by atoms with Crippen molar-refractivity contribution in [2.45, 2.75) is 13.8 Å². The molecule has 130 valence electrons. The van der Waals surface area contributed by atoms with Crippen LogP contribution in [0.2, 0.25) is 0 Å². The molecule has 3 aromatic rings. The highest BCUT2D eigenvalue weighted by Crippen LogP contribution is 2.33. The van der Waals surface area contributed by atoms with Gasteiger partial charge in [-0.15, -0.1) is 0 Å². The van der Waals surface area contributed by atoms with Crippen LogP contribution in [0.5, 0.6) is 0 Å². The minimum atomic E-state index is 0.560. The molecule has 0 amide bonds. The van der Waals surface area contributed by atoms with Gasteiger partial charge in [-0.05, 0) is 27.9 Å². The molecular weight excluding hydrogens is 318 g/mol. The van der Waals surface area contributed by atoms with Crippen LogP contribution in [-0.2, 0) is 0 Å². The van der Waals surface area contributed by atoms with E-state index in [4.69, 9.17) is 9.51 Å². The van der Waals surface area contributed by atoms with Gasteiger partial charge in [-0.1, -0.05) is 5.16 Å². The van der Waals surface area contributed by atoms with Gasteiger partial charge in [-0.2, -0.15) is 0 Å². The molecule has 8 nitrogen and oxygen atoms in total. The van der Waals surface area contributed by atoms with Crippen LogP contribution in [-0.4, -0.2) is 57.2 Å². The topological polar surface area (TPSA) is 92.9 Å². The first-order chi connectivity index (χ1) is 12.1. The number of nitrogens with zero attached hydrogens (tertiary/aromatic N) is 6. The van der Waals surface area contributed by atoms with E-state index in [1.807, 2.05) is 27.9 Å². The smallest absolute Gasteiger partial charge is 0.223 e. The summed E-state index contributed by atoms with van der Waals surface area (Å²) < 4.78 is 5.32. The molecule has 0 bridgehead atoms. The molecular formula is C17H21N7O. The lowest BCUT2D eigenvalue weighted by Gasteiger charge is -2.12. The van der Waals surface area contributed by atoms with E-state index in [0.29, 0.717) is 17.4 Å². The number of likely N-dealkylation sites (N-methyl/N-ethyl adjacent to an activating group) is 1. The van der Waals surface area contributed by atoms with Crippen molar-refractivity contribution in [1.29, 1.82) is 0 Å². The fourth-order valence-corrected chi connectivity index (χ4v) is 2.50. The largest absolute Gasteiger partial charge is 0.361 e. The first kappa shape index (κ1) is 17.0. The first-order valence-corrected chi connectivity index (χ1v) is 8.01. The highest BCUT2D eigenvalue weighted by Gasteiger charge is 2.19. The minimum Gasteiger partial charge on any atom is -0.361 e. The highest BCUT2D eigenvalue weighted by molar-refractivity contribution is 5.80. The van der Waals surface area contributed by atoms with Crippen LogP contribution in [0.25, 0.3) is 22.5 Å². The van der Waals surface area contributed by atoms with Crippen molar-refractivity contribution in [3.63, 3.8) is 0 Å². The molecule has 0 fully saturated rings. The van der Waals surface area contributed by atoms with Gasteiger partial charge in [0.2, 0.25) is 5.95 Å². The molecule has 3 aromatic heterocycles. The molecule has 8 heteroatoms. The Morgan fingerprint density at radius 3 is 2.60 bits per heavy atom. The molecule has 0 radical (unpaired) electrons. The molecule has 0 aliphatic heterocycles. The summed E-state index contributed by atoms with van der Waals surface area (Å²) >= 11 is 0. The summed E-state index contributed by atoms with van der Waals surface area (Å²) in [5, 5.41) is 7.29. The van der Waals surface area contributed by atoms with Gasteiger partial charge >= 0.3 is 0 Å². The second-order valence-corrected chi connectivity index (χ2v) is 5.98. The Labute approximate surface area is 146 Å². The van der Waals surface area contributed by atoms with Gasteiger partial charge in [-0.25, -0.2) is 9.97 Å². The van der Waals surface area contributed by atoms with Crippen molar-refractivity contribution in [2.75, 3.05) is 32.5 Å². The lowest BCUT2D eigenvalue weighted by Crippen LogP contribution is -2.21. The molecule has 0 aliphatic rings. The van der Waals surface area contributed by atoms with E-state index < -0.39 is 0 Å². The third-order valence-corrected chi connectivity index (χ3v) is 3.74. The van der Waals surface area contributed by atoms with Gasteiger partial charge in [0.05, 0.1) is 28.8 Å². The van der Waals surface area contributed by atoms with Gasteiger partial charge in [0.1, 0.15) is 5.76 Å². The molecule has 3 rings (SSSR count). The van der Waals surface area contributed by atoms with Crippen LogP contribution in [0, 0.1) is 13.8 Å². The molecule has 1 N–H and O–H groups in total. The van der Waals surface area contributed by atoms with E-state index in [1.54, 1.807) is 24.8 Å². The predicted octanol–water partition coefficient (Wildman–Crippen LogP) is 2.18. The number of hydrogen-bond acceptors (Lipinski definition) is 8. The molecule has 0 spiro atoms. The predicted molar refractivity (Wildman–Crippen MR) is 95.1 cm³/mol. The van der Waals surface area contributed by atoms with E-state index in [9.17, 15) is 0 Å². The molecule has 0 unspecified atom stereocenters. The van der Waals surface area contributed by atoms with Crippen LogP contribution in [0.15, 0.2) is 29.3 Å². The van der Waals surface area contributed by atoms with Crippen molar-refractivity contribution in [3.05, 3.63) is 36.2 Å².